The van der Waals surface area contributed by atoms with Crippen LogP contribution in [0.3, 0.4) is 0 Å². The smallest absolute Gasteiger partial charge is 0.408 e. The molecule has 0 aliphatic heterocycles. The van der Waals surface area contributed by atoms with E-state index in [1.54, 1.807) is 52.0 Å². The molecule has 1 aliphatic rings. The highest BCUT2D eigenvalue weighted by Crippen LogP contribution is 2.36. The third-order valence-corrected chi connectivity index (χ3v) is 5.44. The number of alkyl carbamates (subject to hydrolysis) is 1. The second kappa shape index (κ2) is 13.5. The number of terminal acetylenes is 1. The first kappa shape index (κ1) is 30.2. The molecule has 1 aliphatic carbocycles. The summed E-state index contributed by atoms with van der Waals surface area (Å²) in [5.74, 6) is 0.00907. The molecule has 1 aromatic carbocycles. The normalized spacial score (nSPS) is 14.3. The second-order valence-electron chi connectivity index (χ2n) is 9.86. The maximum absolute atomic E-state index is 13.8. The fourth-order valence-corrected chi connectivity index (χ4v) is 3.72. The summed E-state index contributed by atoms with van der Waals surface area (Å²) in [7, 11) is 0. The van der Waals surface area contributed by atoms with E-state index in [2.05, 4.69) is 16.6 Å². The van der Waals surface area contributed by atoms with Crippen molar-refractivity contribution in [2.24, 2.45) is 5.73 Å². The van der Waals surface area contributed by atoms with Crippen LogP contribution in [0.25, 0.3) is 0 Å². The average Bonchev–Trinajstić information content (AvgIpc) is 3.65. The molecule has 1 aromatic rings. The van der Waals surface area contributed by atoms with Gasteiger partial charge in [0.2, 0.25) is 17.7 Å². The minimum Gasteiger partial charge on any atom is -0.466 e. The second-order valence-corrected chi connectivity index (χ2v) is 9.86. The number of primary amides is 1. The third-order valence-electron chi connectivity index (χ3n) is 5.44. The van der Waals surface area contributed by atoms with Gasteiger partial charge in [0.05, 0.1) is 19.4 Å². The lowest BCUT2D eigenvalue weighted by Gasteiger charge is -2.34. The number of ether oxygens (including phenoxy) is 2. The van der Waals surface area contributed by atoms with E-state index in [0.717, 1.165) is 0 Å². The third kappa shape index (κ3) is 9.42. The molecule has 0 saturated heterocycles. The van der Waals surface area contributed by atoms with E-state index in [-0.39, 0.29) is 25.6 Å². The summed E-state index contributed by atoms with van der Waals surface area (Å²) in [5, 5.41) is 5.12. The Hall–Kier alpha value is -4.07. The summed E-state index contributed by atoms with van der Waals surface area (Å²) in [4.78, 5) is 64.7. The summed E-state index contributed by atoms with van der Waals surface area (Å²) in [6.07, 6.45) is 5.26. The minimum atomic E-state index is -1.36. The van der Waals surface area contributed by atoms with E-state index in [1.165, 1.54) is 4.90 Å². The van der Waals surface area contributed by atoms with E-state index in [1.807, 2.05) is 0 Å². The number of carbonyl (C=O) groups excluding carboxylic acids is 5. The predicted octanol–water partition coefficient (Wildman–Crippen LogP) is 1.54. The quantitative estimate of drug-likeness (QED) is 0.274. The molecule has 0 bridgehead atoms. The fraction of sp³-hybridized carbons (Fsp3) is 0.519. The van der Waals surface area contributed by atoms with Crippen molar-refractivity contribution < 1.29 is 33.4 Å². The number of amides is 4. The van der Waals surface area contributed by atoms with Crippen molar-refractivity contribution in [2.45, 2.75) is 77.1 Å². The fourth-order valence-electron chi connectivity index (χ4n) is 3.72. The molecule has 0 radical (unpaired) electrons. The van der Waals surface area contributed by atoms with Crippen molar-refractivity contribution in [3.63, 3.8) is 0 Å². The number of esters is 1. The van der Waals surface area contributed by atoms with Crippen LogP contribution in [-0.2, 0) is 28.7 Å². The number of hydrogen-bond donors (Lipinski definition) is 3. The molecule has 0 heterocycles. The van der Waals surface area contributed by atoms with Gasteiger partial charge in [0, 0.05) is 18.2 Å². The van der Waals surface area contributed by atoms with Crippen LogP contribution in [0.2, 0.25) is 0 Å². The molecule has 11 heteroatoms. The zero-order chi connectivity index (χ0) is 28.5. The lowest BCUT2D eigenvalue weighted by atomic mass is 10.0. The molecular weight excluding hydrogens is 492 g/mol. The molecule has 1 saturated carbocycles. The molecule has 0 spiro atoms. The highest BCUT2D eigenvalue weighted by atomic mass is 16.6. The van der Waals surface area contributed by atoms with Gasteiger partial charge in [-0.3, -0.25) is 19.2 Å². The van der Waals surface area contributed by atoms with Gasteiger partial charge < -0.3 is 30.7 Å². The number of nitrogens with one attached hydrogen (secondary N) is 2. The van der Waals surface area contributed by atoms with Gasteiger partial charge in [-0.15, -0.1) is 6.42 Å². The van der Waals surface area contributed by atoms with Crippen LogP contribution in [0.15, 0.2) is 24.3 Å². The van der Waals surface area contributed by atoms with Gasteiger partial charge in [0.15, 0.2) is 0 Å². The highest BCUT2D eigenvalue weighted by Gasteiger charge is 2.44. The maximum Gasteiger partial charge on any atom is 0.408 e. The molecule has 2 unspecified atom stereocenters. The Morgan fingerprint density at radius 1 is 1.16 bits per heavy atom. The molecule has 1 fully saturated rings. The van der Waals surface area contributed by atoms with Gasteiger partial charge in [-0.1, -0.05) is 18.1 Å². The van der Waals surface area contributed by atoms with Gasteiger partial charge in [0.25, 0.3) is 0 Å². The van der Waals surface area contributed by atoms with Gasteiger partial charge in [-0.2, -0.15) is 0 Å². The molecule has 2 rings (SSSR count). The lowest BCUT2D eigenvalue weighted by molar-refractivity contribution is -0.145. The number of benzene rings is 1. The molecule has 4 N–H and O–H groups in total. The van der Waals surface area contributed by atoms with Crippen LogP contribution in [0, 0.1) is 12.3 Å². The molecular formula is C27H36N4O7. The summed E-state index contributed by atoms with van der Waals surface area (Å²) in [5.41, 5.74) is 5.58. The Bertz CT molecular complexity index is 1070. The topological polar surface area (TPSA) is 157 Å². The molecule has 0 aromatic heterocycles. The Kier molecular flexibility index (Phi) is 10.7. The first-order valence-corrected chi connectivity index (χ1v) is 12.5. The van der Waals surface area contributed by atoms with Crippen LogP contribution < -0.4 is 16.4 Å². The SMILES string of the molecule is C#Cc1ccc(C(C(=O)NCCC(=O)OCC)N(C(=O)C(CC(N)=O)NC(=O)OC(C)(C)C)C2CC2)cc1. The molecule has 4 amide bonds. The molecule has 11 nitrogen and oxygen atoms in total. The van der Waals surface area contributed by atoms with Crippen LogP contribution in [-0.4, -0.2) is 65.5 Å². The van der Waals surface area contributed by atoms with E-state index >= 15 is 0 Å². The highest BCUT2D eigenvalue weighted by molar-refractivity contribution is 5.95. The predicted molar refractivity (Wildman–Crippen MR) is 138 cm³/mol. The minimum absolute atomic E-state index is 0.00975. The van der Waals surface area contributed by atoms with Crippen molar-refractivity contribution in [1.82, 2.24) is 15.5 Å². The Labute approximate surface area is 222 Å². The van der Waals surface area contributed by atoms with Gasteiger partial charge in [-0.05, 0) is 58.2 Å². The Morgan fingerprint density at radius 3 is 2.29 bits per heavy atom. The van der Waals surface area contributed by atoms with Crippen molar-refractivity contribution in [2.75, 3.05) is 13.2 Å². The van der Waals surface area contributed by atoms with Crippen molar-refractivity contribution >= 4 is 29.8 Å². The van der Waals surface area contributed by atoms with Crippen LogP contribution in [0.5, 0.6) is 0 Å². The average molecular weight is 529 g/mol. The number of rotatable bonds is 12. The van der Waals surface area contributed by atoms with Gasteiger partial charge in [-0.25, -0.2) is 4.79 Å². The monoisotopic (exact) mass is 528 g/mol. The van der Waals surface area contributed by atoms with Crippen LogP contribution in [0.1, 0.15) is 70.5 Å². The number of carbonyl (C=O) groups is 5. The number of nitrogens with two attached hydrogens (primary N) is 1. The molecule has 2 atom stereocenters. The van der Waals surface area contributed by atoms with Crippen molar-refractivity contribution in [3.8, 4) is 12.3 Å². The zero-order valence-corrected chi connectivity index (χ0v) is 22.2. The first-order valence-electron chi connectivity index (χ1n) is 12.5. The number of nitrogens with zero attached hydrogens (tertiary/aromatic N) is 1. The van der Waals surface area contributed by atoms with Gasteiger partial charge in [0.1, 0.15) is 17.7 Å². The van der Waals surface area contributed by atoms with E-state index in [0.29, 0.717) is 24.0 Å². The Morgan fingerprint density at radius 2 is 1.79 bits per heavy atom. The van der Waals surface area contributed by atoms with E-state index in [9.17, 15) is 24.0 Å². The summed E-state index contributed by atoms with van der Waals surface area (Å²) in [6.45, 7) is 6.86. The van der Waals surface area contributed by atoms with Crippen LogP contribution in [0.4, 0.5) is 4.79 Å². The standard InChI is InChI=1S/C27H36N4O7/c1-6-17-8-10-18(11-9-17)23(24(34)29-15-14-22(33)37-7-2)31(19-12-13-19)25(35)20(16-21(28)32)30-26(36)38-27(3,4)5/h1,8-11,19-20,23H,7,12-16H2,2-5H3,(H2,28,32)(H,29,34)(H,30,36). The number of hydrogen-bond acceptors (Lipinski definition) is 7. The summed E-state index contributed by atoms with van der Waals surface area (Å²) in [6, 6.07) is 3.76. The van der Waals surface area contributed by atoms with Gasteiger partial charge >= 0.3 is 12.1 Å². The maximum atomic E-state index is 13.8. The van der Waals surface area contributed by atoms with Crippen molar-refractivity contribution in [1.29, 1.82) is 0 Å². The largest absolute Gasteiger partial charge is 0.466 e. The zero-order valence-electron chi connectivity index (χ0n) is 22.2. The summed E-state index contributed by atoms with van der Waals surface area (Å²) >= 11 is 0. The summed E-state index contributed by atoms with van der Waals surface area (Å²) < 4.78 is 10.2. The van der Waals surface area contributed by atoms with E-state index in [4.69, 9.17) is 21.6 Å². The first-order chi connectivity index (χ1) is 17.9. The lowest BCUT2D eigenvalue weighted by Crippen LogP contribution is -2.54. The molecule has 38 heavy (non-hydrogen) atoms. The van der Waals surface area contributed by atoms with E-state index < -0.39 is 53.9 Å². The van der Waals surface area contributed by atoms with Crippen molar-refractivity contribution in [3.05, 3.63) is 35.4 Å². The van der Waals surface area contributed by atoms with Crippen LogP contribution >= 0.6 is 0 Å². The molecule has 206 valence electrons. The Balaban J connectivity index is 2.39.